The van der Waals surface area contributed by atoms with Crippen molar-refractivity contribution >= 4 is 0 Å². The van der Waals surface area contributed by atoms with Crippen molar-refractivity contribution in [2.24, 2.45) is 7.05 Å². The molecule has 2 aromatic heterocycles. The number of imidazole rings is 1. The molecule has 4 rings (SSSR count). The van der Waals surface area contributed by atoms with E-state index >= 15 is 0 Å². The predicted molar refractivity (Wildman–Crippen MR) is 85.7 cm³/mol. The number of nitrogens with zero attached hydrogens (tertiary/aromatic N) is 7. The van der Waals surface area contributed by atoms with Crippen LogP contribution in [0.3, 0.4) is 0 Å². The van der Waals surface area contributed by atoms with Crippen LogP contribution in [-0.4, -0.2) is 41.2 Å². The first kappa shape index (κ1) is 14.8. The van der Waals surface area contributed by atoms with Crippen molar-refractivity contribution in [1.82, 2.24) is 34.7 Å². The number of tetrazole rings is 1. The fraction of sp³-hybridized carbons (Fsp3) is 0.750. The summed E-state index contributed by atoms with van der Waals surface area (Å²) < 4.78 is 4.29. The van der Waals surface area contributed by atoms with Crippen LogP contribution in [0.25, 0.3) is 0 Å². The summed E-state index contributed by atoms with van der Waals surface area (Å²) in [6.45, 7) is 5.88. The van der Waals surface area contributed by atoms with E-state index < -0.39 is 0 Å². The SMILES string of the molecule is CCCCn1nnnc1CN1CCc2c(nc(C3CC3)n2C)C1. The van der Waals surface area contributed by atoms with E-state index in [1.165, 1.54) is 30.1 Å². The van der Waals surface area contributed by atoms with Crippen molar-refractivity contribution in [3.8, 4) is 0 Å². The summed E-state index contributed by atoms with van der Waals surface area (Å²) in [6.07, 6.45) is 5.96. The van der Waals surface area contributed by atoms with Crippen LogP contribution >= 0.6 is 0 Å². The maximum Gasteiger partial charge on any atom is 0.165 e. The van der Waals surface area contributed by atoms with Crippen LogP contribution in [0, 0.1) is 0 Å². The first-order valence-electron chi connectivity index (χ1n) is 8.78. The Bertz CT molecular complexity index is 683. The van der Waals surface area contributed by atoms with E-state index in [1.807, 2.05) is 4.68 Å². The van der Waals surface area contributed by atoms with Gasteiger partial charge in [0.2, 0.25) is 0 Å². The third kappa shape index (κ3) is 2.89. The smallest absolute Gasteiger partial charge is 0.165 e. The Morgan fingerprint density at radius 3 is 2.91 bits per heavy atom. The maximum absolute atomic E-state index is 4.93. The van der Waals surface area contributed by atoms with Gasteiger partial charge in [-0.3, -0.25) is 4.90 Å². The lowest BCUT2D eigenvalue weighted by atomic mass is 10.1. The second-order valence-electron chi connectivity index (χ2n) is 6.83. The fourth-order valence-corrected chi connectivity index (χ4v) is 3.46. The number of aryl methyl sites for hydroxylation is 1. The van der Waals surface area contributed by atoms with Gasteiger partial charge in [0.25, 0.3) is 0 Å². The molecule has 1 fully saturated rings. The van der Waals surface area contributed by atoms with Gasteiger partial charge in [0.1, 0.15) is 5.82 Å². The molecule has 2 aliphatic rings. The first-order chi connectivity index (χ1) is 11.3. The maximum atomic E-state index is 4.93. The average Bonchev–Trinajstić information content (AvgIpc) is 3.23. The minimum atomic E-state index is 0.709. The highest BCUT2D eigenvalue weighted by Crippen LogP contribution is 2.40. The summed E-state index contributed by atoms with van der Waals surface area (Å²) in [5.74, 6) is 2.98. The van der Waals surface area contributed by atoms with Crippen LogP contribution in [0.1, 0.15) is 61.6 Å². The number of aromatic nitrogens is 6. The lowest BCUT2D eigenvalue weighted by Gasteiger charge is -2.25. The number of hydrogen-bond acceptors (Lipinski definition) is 5. The third-order valence-electron chi connectivity index (χ3n) is 5.01. The molecule has 2 aromatic rings. The molecule has 124 valence electrons. The third-order valence-corrected chi connectivity index (χ3v) is 5.01. The van der Waals surface area contributed by atoms with Crippen molar-refractivity contribution in [3.05, 3.63) is 23.0 Å². The van der Waals surface area contributed by atoms with Crippen molar-refractivity contribution < 1.29 is 0 Å². The molecule has 3 heterocycles. The lowest BCUT2D eigenvalue weighted by molar-refractivity contribution is 0.229. The minimum absolute atomic E-state index is 0.709. The summed E-state index contributed by atoms with van der Waals surface area (Å²) in [7, 11) is 2.18. The van der Waals surface area contributed by atoms with Crippen LogP contribution < -0.4 is 0 Å². The van der Waals surface area contributed by atoms with E-state index in [9.17, 15) is 0 Å². The molecule has 7 nitrogen and oxygen atoms in total. The second-order valence-corrected chi connectivity index (χ2v) is 6.83. The summed E-state index contributed by atoms with van der Waals surface area (Å²) in [5.41, 5.74) is 2.68. The van der Waals surface area contributed by atoms with E-state index in [-0.39, 0.29) is 0 Å². The van der Waals surface area contributed by atoms with Gasteiger partial charge in [0, 0.05) is 44.7 Å². The fourth-order valence-electron chi connectivity index (χ4n) is 3.46. The van der Waals surface area contributed by atoms with Crippen molar-refractivity contribution in [1.29, 1.82) is 0 Å². The topological polar surface area (TPSA) is 64.7 Å². The Hall–Kier alpha value is -1.76. The number of unbranched alkanes of at least 4 members (excludes halogenated alkanes) is 1. The lowest BCUT2D eigenvalue weighted by Crippen LogP contribution is -2.32. The molecule has 1 saturated carbocycles. The van der Waals surface area contributed by atoms with Crippen LogP contribution in [-0.2, 0) is 33.1 Å². The molecule has 0 N–H and O–H groups in total. The summed E-state index contributed by atoms with van der Waals surface area (Å²) in [5, 5.41) is 12.2. The van der Waals surface area contributed by atoms with E-state index in [1.54, 1.807) is 0 Å². The molecular weight excluding hydrogens is 290 g/mol. The van der Waals surface area contributed by atoms with E-state index in [0.717, 1.165) is 51.3 Å². The highest BCUT2D eigenvalue weighted by Gasteiger charge is 2.32. The van der Waals surface area contributed by atoms with Crippen LogP contribution in [0.4, 0.5) is 0 Å². The quantitative estimate of drug-likeness (QED) is 0.811. The normalized spacial score (nSPS) is 18.3. The molecule has 0 unspecified atom stereocenters. The summed E-state index contributed by atoms with van der Waals surface area (Å²) >= 11 is 0. The van der Waals surface area contributed by atoms with Gasteiger partial charge < -0.3 is 4.57 Å². The molecule has 0 bridgehead atoms. The highest BCUT2D eigenvalue weighted by atomic mass is 15.5. The number of hydrogen-bond donors (Lipinski definition) is 0. The van der Waals surface area contributed by atoms with Crippen molar-refractivity contribution in [2.45, 2.75) is 64.6 Å². The zero-order valence-electron chi connectivity index (χ0n) is 14.1. The van der Waals surface area contributed by atoms with Gasteiger partial charge in [-0.1, -0.05) is 13.3 Å². The number of fused-ring (bicyclic) bond motifs is 1. The predicted octanol–water partition coefficient (Wildman–Crippen LogP) is 1.64. The first-order valence-corrected chi connectivity index (χ1v) is 8.78. The summed E-state index contributed by atoms with van der Waals surface area (Å²) in [6, 6.07) is 0. The Morgan fingerprint density at radius 2 is 2.13 bits per heavy atom. The molecule has 23 heavy (non-hydrogen) atoms. The minimum Gasteiger partial charge on any atom is -0.335 e. The molecule has 0 amide bonds. The van der Waals surface area contributed by atoms with Crippen molar-refractivity contribution in [2.75, 3.05) is 6.54 Å². The van der Waals surface area contributed by atoms with Gasteiger partial charge in [-0.15, -0.1) is 5.10 Å². The zero-order chi connectivity index (χ0) is 15.8. The number of rotatable bonds is 6. The molecule has 0 radical (unpaired) electrons. The van der Waals surface area contributed by atoms with E-state index in [2.05, 4.69) is 39.0 Å². The molecule has 0 saturated heterocycles. The largest absolute Gasteiger partial charge is 0.335 e. The van der Waals surface area contributed by atoms with Gasteiger partial charge >= 0.3 is 0 Å². The molecule has 0 spiro atoms. The Balaban J connectivity index is 1.46. The molecule has 0 atom stereocenters. The molecule has 1 aliphatic carbocycles. The Morgan fingerprint density at radius 1 is 1.26 bits per heavy atom. The van der Waals surface area contributed by atoms with E-state index in [4.69, 9.17) is 4.98 Å². The van der Waals surface area contributed by atoms with Gasteiger partial charge in [-0.2, -0.15) is 0 Å². The molecular formula is C16H25N7. The standard InChI is InChI=1S/C16H25N7/c1-3-4-8-23-15(18-19-20-23)11-22-9-7-14-13(10-22)17-16(21(14)2)12-5-6-12/h12H,3-11H2,1-2H3. The Kier molecular flexibility index (Phi) is 3.88. The van der Waals surface area contributed by atoms with Crippen LogP contribution in [0.15, 0.2) is 0 Å². The van der Waals surface area contributed by atoms with Gasteiger partial charge in [-0.05, 0) is 29.7 Å². The highest BCUT2D eigenvalue weighted by molar-refractivity contribution is 5.23. The van der Waals surface area contributed by atoms with Crippen LogP contribution in [0.5, 0.6) is 0 Å². The van der Waals surface area contributed by atoms with Gasteiger partial charge in [0.15, 0.2) is 5.82 Å². The molecule has 7 heteroatoms. The van der Waals surface area contributed by atoms with Gasteiger partial charge in [0.05, 0.1) is 12.2 Å². The monoisotopic (exact) mass is 315 g/mol. The van der Waals surface area contributed by atoms with Crippen molar-refractivity contribution in [3.63, 3.8) is 0 Å². The molecule has 0 aromatic carbocycles. The average molecular weight is 315 g/mol. The summed E-state index contributed by atoms with van der Waals surface area (Å²) in [4.78, 5) is 7.34. The molecule has 1 aliphatic heterocycles. The van der Waals surface area contributed by atoms with Crippen LogP contribution in [0.2, 0.25) is 0 Å². The Labute approximate surface area is 136 Å². The van der Waals surface area contributed by atoms with E-state index in [0.29, 0.717) is 5.92 Å². The van der Waals surface area contributed by atoms with Gasteiger partial charge in [-0.25, -0.2) is 9.67 Å². The zero-order valence-corrected chi connectivity index (χ0v) is 14.1. The second kappa shape index (κ2) is 6.03.